The lowest BCUT2D eigenvalue weighted by atomic mass is 9.89. The number of ether oxygens (including phenoxy) is 3. The number of carboxylic acids is 1. The van der Waals surface area contributed by atoms with Crippen molar-refractivity contribution in [2.45, 2.75) is 104 Å². The number of hydrogen-bond acceptors (Lipinski definition) is 9. The molecule has 8 rings (SSSR count). The van der Waals surface area contributed by atoms with Gasteiger partial charge in [0.2, 0.25) is 5.91 Å². The number of pyridine rings is 1. The smallest absolute Gasteiger partial charge is 0.326 e. The lowest BCUT2D eigenvalue weighted by Crippen LogP contribution is -2.56. The zero-order valence-electron chi connectivity index (χ0n) is 34.1. The van der Waals surface area contributed by atoms with Crippen LogP contribution in [0.15, 0.2) is 77.3 Å². The fourth-order valence-electron chi connectivity index (χ4n) is 8.40. The molecule has 3 aromatic carbocycles. The van der Waals surface area contributed by atoms with Crippen molar-refractivity contribution in [1.82, 2.24) is 20.2 Å². The van der Waals surface area contributed by atoms with Crippen molar-refractivity contribution in [3.05, 3.63) is 124 Å². The van der Waals surface area contributed by atoms with E-state index in [9.17, 15) is 19.5 Å². The van der Waals surface area contributed by atoms with Crippen molar-refractivity contribution in [2.24, 2.45) is 5.92 Å². The highest BCUT2D eigenvalue weighted by molar-refractivity contribution is 5.98. The summed E-state index contributed by atoms with van der Waals surface area (Å²) in [5.41, 5.74) is 7.40. The molecular formula is C47H50N4O8. The molecule has 1 fully saturated rings. The summed E-state index contributed by atoms with van der Waals surface area (Å²) in [6, 6.07) is 19.0. The number of aromatic nitrogens is 2. The fraction of sp³-hybridized carbons (Fsp3) is 0.383. The lowest BCUT2D eigenvalue weighted by molar-refractivity contribution is -0.142. The van der Waals surface area contributed by atoms with Gasteiger partial charge in [-0.3, -0.25) is 14.6 Å². The molecule has 1 unspecified atom stereocenters. The van der Waals surface area contributed by atoms with Gasteiger partial charge in [0, 0.05) is 38.2 Å². The summed E-state index contributed by atoms with van der Waals surface area (Å²) in [6.07, 6.45) is 6.33. The Hall–Kier alpha value is -6.17. The Morgan fingerprint density at radius 3 is 2.36 bits per heavy atom. The molecule has 3 aliphatic rings. The van der Waals surface area contributed by atoms with E-state index in [0.717, 1.165) is 69.1 Å². The zero-order chi connectivity index (χ0) is 41.4. The van der Waals surface area contributed by atoms with Crippen molar-refractivity contribution in [3.63, 3.8) is 0 Å². The minimum Gasteiger partial charge on any atom is -0.490 e. The number of benzene rings is 3. The Bertz CT molecular complexity index is 2360. The number of carbonyl (C=O) groups excluding carboxylic acids is 2. The summed E-state index contributed by atoms with van der Waals surface area (Å²) in [5, 5.41) is 13.0. The van der Waals surface area contributed by atoms with Gasteiger partial charge in [0.25, 0.3) is 5.91 Å². The predicted octanol–water partition coefficient (Wildman–Crippen LogP) is 7.82. The normalized spacial score (nSPS) is 20.3. The van der Waals surface area contributed by atoms with Gasteiger partial charge in [-0.1, -0.05) is 43.3 Å². The molecule has 59 heavy (non-hydrogen) atoms. The van der Waals surface area contributed by atoms with Crippen LogP contribution < -0.4 is 19.5 Å². The third kappa shape index (κ3) is 8.53. The van der Waals surface area contributed by atoms with Crippen LogP contribution in [0, 0.1) is 33.6 Å². The number of oxazole rings is 1. The number of carbonyl (C=O) groups is 3. The summed E-state index contributed by atoms with van der Waals surface area (Å²) in [7, 11) is 0. The number of rotatable bonds is 10. The maximum Gasteiger partial charge on any atom is 0.326 e. The van der Waals surface area contributed by atoms with Crippen LogP contribution in [-0.4, -0.2) is 62.6 Å². The first-order valence-corrected chi connectivity index (χ1v) is 20.4. The second kappa shape index (κ2) is 16.6. The van der Waals surface area contributed by atoms with Crippen molar-refractivity contribution in [2.75, 3.05) is 6.61 Å². The third-order valence-electron chi connectivity index (χ3n) is 12.0. The van der Waals surface area contributed by atoms with Crippen LogP contribution in [0.1, 0.15) is 94.4 Å². The number of amides is 2. The number of aliphatic carboxylic acids is 1. The number of carboxylic acid groups (broad SMARTS) is 1. The number of hydrogen-bond donors (Lipinski definition) is 2. The van der Waals surface area contributed by atoms with E-state index < -0.39 is 29.9 Å². The van der Waals surface area contributed by atoms with E-state index in [1.165, 1.54) is 17.7 Å². The molecule has 0 spiro atoms. The van der Waals surface area contributed by atoms with Crippen LogP contribution in [0.3, 0.4) is 0 Å². The van der Waals surface area contributed by atoms with Gasteiger partial charge >= 0.3 is 5.97 Å². The second-order valence-electron chi connectivity index (χ2n) is 16.2. The summed E-state index contributed by atoms with van der Waals surface area (Å²) in [6.45, 7) is 9.92. The van der Waals surface area contributed by atoms with E-state index in [0.29, 0.717) is 23.1 Å². The van der Waals surface area contributed by atoms with Crippen LogP contribution in [0.2, 0.25) is 0 Å². The van der Waals surface area contributed by atoms with Gasteiger partial charge in [0.1, 0.15) is 30.2 Å². The van der Waals surface area contributed by atoms with E-state index in [-0.39, 0.29) is 43.9 Å². The molecule has 0 radical (unpaired) electrons. The molecule has 2 N–H and O–H groups in total. The second-order valence-corrected chi connectivity index (χ2v) is 16.2. The van der Waals surface area contributed by atoms with Crippen LogP contribution in [0.25, 0.3) is 11.1 Å². The Morgan fingerprint density at radius 1 is 0.932 bits per heavy atom. The highest BCUT2D eigenvalue weighted by Crippen LogP contribution is 2.41. The number of fused-ring (bicyclic) bond motifs is 2. The minimum absolute atomic E-state index is 0.0456. The van der Waals surface area contributed by atoms with E-state index >= 15 is 0 Å². The van der Waals surface area contributed by atoms with E-state index in [2.05, 4.69) is 22.2 Å². The summed E-state index contributed by atoms with van der Waals surface area (Å²) in [5.74, 6) is 1.06. The highest BCUT2D eigenvalue weighted by Gasteiger charge is 2.39. The Labute approximate surface area is 343 Å². The molecule has 2 aromatic heterocycles. The number of aryl methyl sites for hydroxylation is 3. The quantitative estimate of drug-likeness (QED) is 0.143. The first-order chi connectivity index (χ1) is 28.4. The van der Waals surface area contributed by atoms with Gasteiger partial charge in [-0.05, 0) is 122 Å². The van der Waals surface area contributed by atoms with Crippen molar-refractivity contribution >= 4 is 17.8 Å². The maximum absolute atomic E-state index is 14.2. The highest BCUT2D eigenvalue weighted by atomic mass is 16.6. The van der Waals surface area contributed by atoms with Crippen molar-refractivity contribution in [3.8, 4) is 28.4 Å². The summed E-state index contributed by atoms with van der Waals surface area (Å²) < 4.78 is 24.6. The van der Waals surface area contributed by atoms with E-state index in [1.807, 2.05) is 80.6 Å². The summed E-state index contributed by atoms with van der Waals surface area (Å²) in [4.78, 5) is 51.1. The fourth-order valence-corrected chi connectivity index (χ4v) is 8.40. The van der Waals surface area contributed by atoms with Gasteiger partial charge in [-0.15, -0.1) is 0 Å². The van der Waals surface area contributed by atoms with Crippen molar-refractivity contribution < 1.29 is 38.1 Å². The van der Waals surface area contributed by atoms with Crippen LogP contribution in [-0.2, 0) is 29.0 Å². The maximum atomic E-state index is 14.2. The first-order valence-electron chi connectivity index (χ1n) is 20.4. The van der Waals surface area contributed by atoms with Gasteiger partial charge in [-0.25, -0.2) is 9.78 Å². The number of nitrogens with one attached hydrogen (secondary N) is 1. The molecule has 0 bridgehead atoms. The van der Waals surface area contributed by atoms with Gasteiger partial charge in [-0.2, -0.15) is 0 Å². The Kier molecular flexibility index (Phi) is 11.2. The minimum atomic E-state index is -1.25. The molecule has 1 saturated carbocycles. The molecule has 0 saturated heterocycles. The Morgan fingerprint density at radius 2 is 1.66 bits per heavy atom. The molecule has 3 atom stereocenters. The molecule has 2 amide bonds. The Balaban J connectivity index is 1.000. The average molecular weight is 799 g/mol. The largest absolute Gasteiger partial charge is 0.490 e. The molecule has 306 valence electrons. The molecule has 5 aromatic rings. The van der Waals surface area contributed by atoms with Gasteiger partial charge in [0.15, 0.2) is 29.2 Å². The molecule has 2 aliphatic heterocycles. The van der Waals surface area contributed by atoms with E-state index in [1.54, 1.807) is 20.0 Å². The molecule has 12 nitrogen and oxygen atoms in total. The topological polar surface area (TPSA) is 153 Å². The standard InChI is InChI=1S/C47H50N4O8/c1-26-6-14-36(15-7-26)58-37-16-12-33(13-17-37)43-25-56-41-22-34-21-40(51(24-35(34)23-42(41)59-43)46(53)44-29(4)57-30(5)49-44)45(52)50-39(47(54)55)20-31-8-10-32(11-9-31)38-18-19-48-28(3)27(38)2/h8-13,16-19,22-23,26,36,39-40,43H,6-7,14-15,20-21,24-25H2,1-5H3,(H,50,52)(H,54,55)/t26?,36?,39?,40-,43+/m0/s1. The summed E-state index contributed by atoms with van der Waals surface area (Å²) >= 11 is 0. The monoisotopic (exact) mass is 798 g/mol. The number of nitrogens with zero attached hydrogens (tertiary/aromatic N) is 3. The lowest BCUT2D eigenvalue weighted by Gasteiger charge is -2.37. The van der Waals surface area contributed by atoms with Gasteiger partial charge in [0.05, 0.1) is 6.10 Å². The molecule has 1 aliphatic carbocycles. The zero-order valence-corrected chi connectivity index (χ0v) is 34.1. The van der Waals surface area contributed by atoms with Crippen LogP contribution in [0.4, 0.5) is 0 Å². The molecule has 12 heteroatoms. The first kappa shape index (κ1) is 39.6. The molecular weight excluding hydrogens is 749 g/mol. The van der Waals surface area contributed by atoms with E-state index in [4.69, 9.17) is 18.6 Å². The SMILES string of the molecule is Cc1nc(C(=O)N2Cc3cc4c(cc3C[C@H]2C(=O)NC(Cc2ccc(-c3ccnc(C)c3C)cc2)C(=O)O)OC[C@H](c2ccc(OC3CCC(C)CC3)cc2)O4)c(C)o1. The van der Waals surface area contributed by atoms with Gasteiger partial charge < -0.3 is 34.0 Å². The third-order valence-corrected chi connectivity index (χ3v) is 12.0. The van der Waals surface area contributed by atoms with Crippen LogP contribution >= 0.6 is 0 Å². The molecule has 4 heterocycles. The average Bonchev–Trinajstić information content (AvgIpc) is 3.58. The van der Waals surface area contributed by atoms with Crippen LogP contribution in [0.5, 0.6) is 17.2 Å². The predicted molar refractivity (Wildman–Crippen MR) is 220 cm³/mol. The van der Waals surface area contributed by atoms with Crippen molar-refractivity contribution in [1.29, 1.82) is 0 Å².